The van der Waals surface area contributed by atoms with Crippen molar-refractivity contribution in [1.82, 2.24) is 32.2 Å². The lowest BCUT2D eigenvalue weighted by Gasteiger charge is -2.16. The minimum absolute atomic E-state index is 0.888. The van der Waals surface area contributed by atoms with Gasteiger partial charge in [0, 0.05) is 55.1 Å². The van der Waals surface area contributed by atoms with Crippen molar-refractivity contribution in [3.8, 4) is 39.6 Å². The average molecular weight is 948 g/mol. The molecule has 0 fully saturated rings. The lowest BCUT2D eigenvalue weighted by molar-refractivity contribution is 1.05. The molecule has 16 aromatic rings. The number of para-hydroxylation sites is 9. The molecule has 0 N–H and O–H groups in total. The number of hydrogen-bond donors (Lipinski definition) is 0. The van der Waals surface area contributed by atoms with Gasteiger partial charge in [-0.05, 0) is 151 Å². The molecule has 348 valence electrons. The smallest absolute Gasteiger partial charge is 0.220 e. The van der Waals surface area contributed by atoms with Gasteiger partial charge in [-0.1, -0.05) is 121 Å². The molecule has 7 nitrogen and oxygen atoms in total. The van der Waals surface area contributed by atoms with E-state index in [0.29, 0.717) is 0 Å². The normalized spacial score (nSPS) is 12.2. The molecule has 0 saturated carbocycles. The topological polar surface area (TPSA) is 42.0 Å². The van der Waals surface area contributed by atoms with Crippen LogP contribution in [0.5, 0.6) is 0 Å². The first kappa shape index (κ1) is 40.8. The summed E-state index contributed by atoms with van der Waals surface area (Å²) in [5.41, 5.74) is 21.6. The van der Waals surface area contributed by atoms with E-state index in [1.807, 2.05) is 0 Å². The Bertz CT molecular complexity index is 4960. The number of aromatic nitrogens is 7. The van der Waals surface area contributed by atoms with Crippen LogP contribution in [-0.4, -0.2) is 32.2 Å². The maximum atomic E-state index is 5.26. The van der Waals surface area contributed by atoms with Crippen molar-refractivity contribution in [3.05, 3.63) is 248 Å². The van der Waals surface area contributed by atoms with E-state index in [4.69, 9.17) is 4.98 Å². The van der Waals surface area contributed by atoms with Crippen LogP contribution >= 0.6 is 0 Å². The monoisotopic (exact) mass is 947 g/mol. The highest BCUT2D eigenvalue weighted by molar-refractivity contribution is 6.25. The Balaban J connectivity index is 0.990. The molecule has 16 rings (SSSR count). The van der Waals surface area contributed by atoms with Gasteiger partial charge in [0.2, 0.25) is 5.78 Å². The van der Waals surface area contributed by atoms with E-state index in [1.54, 1.807) is 0 Å². The summed E-state index contributed by atoms with van der Waals surface area (Å²) in [6.07, 6.45) is 0. The zero-order valence-electron chi connectivity index (χ0n) is 40.6. The van der Waals surface area contributed by atoms with E-state index in [0.717, 1.165) is 78.6 Å². The Morgan fingerprint density at radius 3 is 1.20 bits per heavy atom. The van der Waals surface area contributed by atoms with Gasteiger partial charge in [-0.3, -0.25) is 27.2 Å². The summed E-state index contributed by atoms with van der Waals surface area (Å²) in [5.74, 6) is 0.888. The number of fused-ring (bicyclic) bond motifs is 15. The second-order valence-corrected chi connectivity index (χ2v) is 19.7. The second-order valence-electron chi connectivity index (χ2n) is 19.7. The summed E-state index contributed by atoms with van der Waals surface area (Å²) < 4.78 is 14.5. The highest BCUT2D eigenvalue weighted by Crippen LogP contribution is 2.47. The predicted octanol–water partition coefficient (Wildman–Crippen LogP) is 16.8. The largest absolute Gasteiger partial charge is 0.295 e. The van der Waals surface area contributed by atoms with Crippen LogP contribution < -0.4 is 0 Å². The molecule has 0 aliphatic rings. The van der Waals surface area contributed by atoms with E-state index < -0.39 is 0 Å². The van der Waals surface area contributed by atoms with Gasteiger partial charge >= 0.3 is 0 Å². The van der Waals surface area contributed by atoms with E-state index in [1.165, 1.54) is 65.6 Å². The number of hydrogen-bond acceptors (Lipinski definition) is 1. The van der Waals surface area contributed by atoms with Gasteiger partial charge < -0.3 is 0 Å². The second kappa shape index (κ2) is 15.3. The molecular weight excluding hydrogens is 903 g/mol. The van der Waals surface area contributed by atoms with E-state index in [2.05, 4.69) is 278 Å². The van der Waals surface area contributed by atoms with Gasteiger partial charge in [0.15, 0.2) is 0 Å². The molecule has 0 aliphatic carbocycles. The lowest BCUT2D eigenvalue weighted by atomic mass is 9.93. The summed E-state index contributed by atoms with van der Waals surface area (Å²) in [5, 5.41) is 7.35. The van der Waals surface area contributed by atoms with E-state index in [9.17, 15) is 0 Å². The van der Waals surface area contributed by atoms with Crippen LogP contribution in [0.2, 0.25) is 0 Å². The molecule has 7 heteroatoms. The number of rotatable bonds is 6. The maximum absolute atomic E-state index is 5.26. The van der Waals surface area contributed by atoms with Crippen molar-refractivity contribution in [2.75, 3.05) is 0 Å². The summed E-state index contributed by atoms with van der Waals surface area (Å²) in [6, 6.07) is 86.1. The molecule has 0 amide bonds. The first-order valence-electron chi connectivity index (χ1n) is 25.4. The Morgan fingerprint density at radius 1 is 0.284 bits per heavy atom. The predicted molar refractivity (Wildman–Crippen MR) is 307 cm³/mol. The summed E-state index contributed by atoms with van der Waals surface area (Å²) in [7, 11) is 0. The van der Waals surface area contributed by atoms with Gasteiger partial charge in [0.1, 0.15) is 11.3 Å². The Morgan fingerprint density at radius 2 is 0.676 bits per heavy atom. The summed E-state index contributed by atoms with van der Waals surface area (Å²) in [6.45, 7) is 4.57. The zero-order valence-corrected chi connectivity index (χ0v) is 40.6. The molecule has 0 radical (unpaired) electrons. The molecule has 10 aromatic carbocycles. The van der Waals surface area contributed by atoms with Gasteiger partial charge in [-0.15, -0.1) is 0 Å². The summed E-state index contributed by atoms with van der Waals surface area (Å²) in [4.78, 5) is 5.26. The third-order valence-electron chi connectivity index (χ3n) is 15.6. The third kappa shape index (κ3) is 5.58. The van der Waals surface area contributed by atoms with Crippen LogP contribution in [0.4, 0.5) is 0 Å². The highest BCUT2D eigenvalue weighted by Gasteiger charge is 2.27. The Hall–Kier alpha value is -9.85. The molecule has 0 atom stereocenters. The lowest BCUT2D eigenvalue weighted by Crippen LogP contribution is -2.03. The Kier molecular flexibility index (Phi) is 8.46. The summed E-state index contributed by atoms with van der Waals surface area (Å²) >= 11 is 0. The minimum atomic E-state index is 0.888. The average Bonchev–Trinajstić information content (AvgIpc) is 4.33. The molecule has 0 spiro atoms. The van der Waals surface area contributed by atoms with E-state index in [-0.39, 0.29) is 0 Å². The van der Waals surface area contributed by atoms with Crippen molar-refractivity contribution in [3.63, 3.8) is 0 Å². The third-order valence-corrected chi connectivity index (χ3v) is 15.6. The van der Waals surface area contributed by atoms with Gasteiger partial charge in [-0.25, -0.2) is 4.98 Å². The van der Waals surface area contributed by atoms with Crippen molar-refractivity contribution in [1.29, 1.82) is 0 Å². The number of benzene rings is 10. The van der Waals surface area contributed by atoms with Crippen LogP contribution in [0, 0.1) is 13.8 Å². The molecule has 0 bridgehead atoms. The van der Waals surface area contributed by atoms with Crippen molar-refractivity contribution in [2.24, 2.45) is 0 Å². The first-order valence-corrected chi connectivity index (χ1v) is 25.4. The Labute approximate surface area is 424 Å². The van der Waals surface area contributed by atoms with Crippen LogP contribution in [0.3, 0.4) is 0 Å². The van der Waals surface area contributed by atoms with Crippen LogP contribution in [0.1, 0.15) is 11.1 Å². The first-order chi connectivity index (χ1) is 36.6. The molecular formula is C67H45N7. The number of imidazole rings is 2. The highest BCUT2D eigenvalue weighted by atomic mass is 15.2. The molecule has 6 aromatic heterocycles. The van der Waals surface area contributed by atoms with Crippen LogP contribution in [0.15, 0.2) is 237 Å². The molecule has 0 unspecified atom stereocenters. The number of aryl methyl sites for hydroxylation is 2. The quantitative estimate of drug-likeness (QED) is 0.164. The standard InChI is InChI=1S/C67H45N7/c1-42-37-61-53(63-49-29-12-15-32-56(49)69(44-21-6-3-7-22-44)65(63)71(61)46-25-10-5-11-26-46)40-51(42)52-41-54-62(38-43(52)2)72(66-64(54)50-30-13-16-33-57(50)70(66)45-23-8-4-9-24-45)47-27-20-28-48(39-47)73-59-35-18-19-36-60(59)74-58-34-17-14-31-55(58)68-67(73)74/h3-41H,1-2H3. The fraction of sp³-hybridized carbons (Fsp3) is 0.0299. The van der Waals surface area contributed by atoms with Gasteiger partial charge in [0.05, 0.1) is 49.8 Å². The fourth-order valence-electron chi connectivity index (χ4n) is 12.5. The van der Waals surface area contributed by atoms with Crippen molar-refractivity contribution in [2.45, 2.75) is 13.8 Å². The van der Waals surface area contributed by atoms with Gasteiger partial charge in [0.25, 0.3) is 0 Å². The molecule has 0 aliphatic heterocycles. The fourth-order valence-corrected chi connectivity index (χ4v) is 12.5. The van der Waals surface area contributed by atoms with Crippen molar-refractivity contribution < 1.29 is 0 Å². The molecule has 74 heavy (non-hydrogen) atoms. The maximum Gasteiger partial charge on any atom is 0.220 e. The van der Waals surface area contributed by atoms with E-state index >= 15 is 0 Å². The molecule has 6 heterocycles. The van der Waals surface area contributed by atoms with Crippen molar-refractivity contribution >= 4 is 93.5 Å². The van der Waals surface area contributed by atoms with Gasteiger partial charge in [-0.2, -0.15) is 0 Å². The minimum Gasteiger partial charge on any atom is -0.295 e. The van der Waals surface area contributed by atoms with Crippen LogP contribution in [-0.2, 0) is 0 Å². The SMILES string of the molecule is Cc1cc2c(cc1-c1cc3c4c5ccccc5n(-c5ccccc5)c4n(-c4cccc(-n5c6ccccc6n6c7ccccc7nc56)c4)c3cc1C)c1c3ccccc3n(-c3ccccc3)c1n2-c1ccccc1. The zero-order chi connectivity index (χ0) is 48.8. The molecule has 0 saturated heterocycles. The number of nitrogens with zero attached hydrogens (tertiary/aromatic N) is 7. The van der Waals surface area contributed by atoms with Crippen LogP contribution in [0.25, 0.3) is 133 Å².